The third-order valence-corrected chi connectivity index (χ3v) is 4.10. The minimum Gasteiger partial charge on any atom is -0.295 e. The van der Waals surface area contributed by atoms with Gasteiger partial charge in [-0.2, -0.15) is 5.10 Å². The molecule has 4 heteroatoms. The Morgan fingerprint density at radius 1 is 1.29 bits per heavy atom. The molecule has 3 nitrogen and oxygen atoms in total. The van der Waals surface area contributed by atoms with Crippen molar-refractivity contribution in [1.82, 2.24) is 14.7 Å². The maximum atomic E-state index is 4.64. The van der Waals surface area contributed by atoms with Crippen LogP contribution in [0.1, 0.15) is 46.0 Å². The molecular formula is C13H24BrN3. The second-order valence-electron chi connectivity index (χ2n) is 4.53. The number of halogens is 1. The highest BCUT2D eigenvalue weighted by molar-refractivity contribution is 9.10. The first-order valence-corrected chi connectivity index (χ1v) is 7.32. The molecule has 0 aliphatic carbocycles. The van der Waals surface area contributed by atoms with E-state index in [1.54, 1.807) is 0 Å². The second kappa shape index (κ2) is 6.55. The van der Waals surface area contributed by atoms with Gasteiger partial charge in [-0.1, -0.05) is 13.8 Å². The Morgan fingerprint density at radius 3 is 2.35 bits per heavy atom. The molecule has 1 heterocycles. The van der Waals surface area contributed by atoms with E-state index in [-0.39, 0.29) is 0 Å². The Balaban J connectivity index is 2.99. The fourth-order valence-corrected chi connectivity index (χ4v) is 2.71. The second-order valence-corrected chi connectivity index (χ2v) is 5.33. The first kappa shape index (κ1) is 14.7. The maximum Gasteiger partial charge on any atom is 0.0767 e. The number of nitrogens with zero attached hydrogens (tertiary/aromatic N) is 3. The van der Waals surface area contributed by atoms with Crippen molar-refractivity contribution in [3.8, 4) is 0 Å². The third-order valence-electron chi connectivity index (χ3n) is 3.18. The van der Waals surface area contributed by atoms with Gasteiger partial charge in [-0.15, -0.1) is 0 Å². The van der Waals surface area contributed by atoms with Gasteiger partial charge >= 0.3 is 0 Å². The van der Waals surface area contributed by atoms with Crippen LogP contribution in [0.2, 0.25) is 0 Å². The number of aryl methyl sites for hydroxylation is 2. The van der Waals surface area contributed by atoms with Crippen LogP contribution in [0.4, 0.5) is 0 Å². The van der Waals surface area contributed by atoms with Gasteiger partial charge in [0.1, 0.15) is 0 Å². The Morgan fingerprint density at radius 2 is 1.94 bits per heavy atom. The molecule has 1 aromatic heterocycles. The molecule has 0 aromatic carbocycles. The summed E-state index contributed by atoms with van der Waals surface area (Å²) in [5.74, 6) is 0. The van der Waals surface area contributed by atoms with E-state index in [4.69, 9.17) is 0 Å². The van der Waals surface area contributed by atoms with Gasteiger partial charge in [0, 0.05) is 19.1 Å². The van der Waals surface area contributed by atoms with Gasteiger partial charge in [-0.05, 0) is 49.7 Å². The summed E-state index contributed by atoms with van der Waals surface area (Å²) >= 11 is 3.70. The largest absolute Gasteiger partial charge is 0.295 e. The van der Waals surface area contributed by atoms with Crippen molar-refractivity contribution in [3.63, 3.8) is 0 Å². The molecule has 0 unspecified atom stereocenters. The van der Waals surface area contributed by atoms with Gasteiger partial charge in [-0.25, -0.2) is 0 Å². The molecule has 1 rings (SSSR count). The van der Waals surface area contributed by atoms with E-state index >= 15 is 0 Å². The van der Waals surface area contributed by atoms with E-state index in [2.05, 4.69) is 65.2 Å². The van der Waals surface area contributed by atoms with Crippen molar-refractivity contribution in [2.45, 2.75) is 60.2 Å². The number of aromatic nitrogens is 2. The van der Waals surface area contributed by atoms with Crippen LogP contribution in [0.3, 0.4) is 0 Å². The fourth-order valence-electron chi connectivity index (χ4n) is 2.02. The summed E-state index contributed by atoms with van der Waals surface area (Å²) in [7, 11) is 0. The van der Waals surface area contributed by atoms with Crippen LogP contribution in [0.5, 0.6) is 0 Å². The highest BCUT2D eigenvalue weighted by Crippen LogP contribution is 2.24. The van der Waals surface area contributed by atoms with Crippen molar-refractivity contribution in [1.29, 1.82) is 0 Å². The van der Waals surface area contributed by atoms with Crippen molar-refractivity contribution >= 4 is 15.9 Å². The number of hydrogen-bond acceptors (Lipinski definition) is 2. The SMILES string of the molecule is CCc1nn(CC)c(CN(CC)C(C)C)c1Br. The van der Waals surface area contributed by atoms with Crippen LogP contribution < -0.4 is 0 Å². The molecule has 0 aliphatic heterocycles. The molecule has 98 valence electrons. The molecule has 0 atom stereocenters. The minimum absolute atomic E-state index is 0.567. The Bertz CT molecular complexity index is 358. The molecule has 17 heavy (non-hydrogen) atoms. The van der Waals surface area contributed by atoms with Gasteiger partial charge in [-0.3, -0.25) is 9.58 Å². The van der Waals surface area contributed by atoms with E-state index in [1.165, 1.54) is 15.9 Å². The first-order valence-electron chi connectivity index (χ1n) is 6.53. The zero-order valence-corrected chi connectivity index (χ0v) is 13.2. The molecule has 0 saturated carbocycles. The van der Waals surface area contributed by atoms with Gasteiger partial charge in [0.15, 0.2) is 0 Å². The average molecular weight is 302 g/mol. The van der Waals surface area contributed by atoms with Crippen LogP contribution >= 0.6 is 15.9 Å². The Hall–Kier alpha value is -0.350. The molecule has 0 amide bonds. The lowest BCUT2D eigenvalue weighted by molar-refractivity contribution is 0.218. The molecule has 1 aromatic rings. The van der Waals surface area contributed by atoms with E-state index < -0.39 is 0 Å². The number of rotatable bonds is 6. The van der Waals surface area contributed by atoms with Gasteiger partial charge < -0.3 is 0 Å². The molecule has 0 bridgehead atoms. The molecule has 0 aliphatic rings. The first-order chi connectivity index (χ1) is 8.04. The van der Waals surface area contributed by atoms with Crippen molar-refractivity contribution in [2.75, 3.05) is 6.54 Å². The van der Waals surface area contributed by atoms with Crippen LogP contribution in [0, 0.1) is 0 Å². The van der Waals surface area contributed by atoms with E-state index in [9.17, 15) is 0 Å². The lowest BCUT2D eigenvalue weighted by Gasteiger charge is -2.25. The van der Waals surface area contributed by atoms with E-state index in [0.29, 0.717) is 6.04 Å². The van der Waals surface area contributed by atoms with Crippen LogP contribution in [-0.4, -0.2) is 27.3 Å². The van der Waals surface area contributed by atoms with Crippen LogP contribution in [0.15, 0.2) is 4.47 Å². The van der Waals surface area contributed by atoms with Gasteiger partial charge in [0.05, 0.1) is 15.9 Å². The van der Waals surface area contributed by atoms with Crippen molar-refractivity contribution in [3.05, 3.63) is 15.9 Å². The quantitative estimate of drug-likeness (QED) is 0.802. The summed E-state index contributed by atoms with van der Waals surface area (Å²) in [5.41, 5.74) is 2.47. The molecule has 0 fully saturated rings. The Labute approximate surface area is 113 Å². The summed E-state index contributed by atoms with van der Waals surface area (Å²) in [6.07, 6.45) is 0.981. The predicted molar refractivity (Wildman–Crippen MR) is 76.2 cm³/mol. The smallest absolute Gasteiger partial charge is 0.0767 e. The lowest BCUT2D eigenvalue weighted by Crippen LogP contribution is -2.31. The van der Waals surface area contributed by atoms with Crippen molar-refractivity contribution in [2.24, 2.45) is 0 Å². The van der Waals surface area contributed by atoms with Gasteiger partial charge in [0.25, 0.3) is 0 Å². The standard InChI is InChI=1S/C13H24BrN3/c1-6-11-13(14)12(17(8-3)15-11)9-16(7-2)10(4)5/h10H,6-9H2,1-5H3. The molecule has 0 saturated heterocycles. The van der Waals surface area contributed by atoms with E-state index in [0.717, 1.165) is 26.1 Å². The summed E-state index contributed by atoms with van der Waals surface area (Å²) < 4.78 is 3.31. The molecule has 0 N–H and O–H groups in total. The van der Waals surface area contributed by atoms with Gasteiger partial charge in [0.2, 0.25) is 0 Å². The average Bonchev–Trinajstić information content (AvgIpc) is 2.62. The van der Waals surface area contributed by atoms with Crippen LogP contribution in [0.25, 0.3) is 0 Å². The van der Waals surface area contributed by atoms with Crippen molar-refractivity contribution < 1.29 is 0 Å². The third kappa shape index (κ3) is 3.32. The molecular weight excluding hydrogens is 278 g/mol. The highest BCUT2D eigenvalue weighted by atomic mass is 79.9. The summed E-state index contributed by atoms with van der Waals surface area (Å²) in [4.78, 5) is 2.45. The minimum atomic E-state index is 0.567. The highest BCUT2D eigenvalue weighted by Gasteiger charge is 2.17. The molecule has 0 radical (unpaired) electrons. The topological polar surface area (TPSA) is 21.1 Å². The zero-order valence-electron chi connectivity index (χ0n) is 11.6. The summed E-state index contributed by atoms with van der Waals surface area (Å²) in [6.45, 7) is 14.0. The maximum absolute atomic E-state index is 4.64. The summed E-state index contributed by atoms with van der Waals surface area (Å²) in [5, 5.41) is 4.64. The predicted octanol–water partition coefficient (Wildman–Crippen LogP) is 3.46. The molecule has 0 spiro atoms. The van der Waals surface area contributed by atoms with Crippen LogP contribution in [-0.2, 0) is 19.5 Å². The zero-order chi connectivity index (χ0) is 13.0. The van der Waals surface area contributed by atoms with E-state index in [1.807, 2.05) is 0 Å². The fraction of sp³-hybridized carbons (Fsp3) is 0.769. The lowest BCUT2D eigenvalue weighted by atomic mass is 10.2. The Kier molecular flexibility index (Phi) is 5.67. The normalized spacial score (nSPS) is 11.8. The number of hydrogen-bond donors (Lipinski definition) is 0. The monoisotopic (exact) mass is 301 g/mol. The summed E-state index contributed by atoms with van der Waals surface area (Å²) in [6, 6.07) is 0.567.